The fraction of sp³-hybridized carbons (Fsp3) is 0.357. The van der Waals surface area contributed by atoms with Crippen LogP contribution in [0.15, 0.2) is 73.0 Å². The predicted molar refractivity (Wildman–Crippen MR) is 139 cm³/mol. The van der Waals surface area contributed by atoms with Crippen molar-refractivity contribution in [2.45, 2.75) is 38.0 Å². The fourth-order valence-electron chi connectivity index (χ4n) is 4.49. The highest BCUT2D eigenvalue weighted by molar-refractivity contribution is 7.89. The Hall–Kier alpha value is -2.67. The standard InChI is InChI=1S/C28H34N2O3S/c1-34(31,32)22-24-11-13-26-14-17-30(21-28(26)20-24)16-5-4-15-29-33-18-6-7-23-10-12-25-8-2-3-9-27(25)19-23/h2-3,6,8-13,18-20,29H,4-5,7,14-17,21-22H2,1H3/b18-6+. The summed E-state index contributed by atoms with van der Waals surface area (Å²) in [4.78, 5) is 7.90. The van der Waals surface area contributed by atoms with E-state index in [0.29, 0.717) is 0 Å². The Morgan fingerprint density at radius 2 is 1.79 bits per heavy atom. The summed E-state index contributed by atoms with van der Waals surface area (Å²) in [6.07, 6.45) is 9.04. The van der Waals surface area contributed by atoms with E-state index in [1.165, 1.54) is 33.7 Å². The molecule has 5 nitrogen and oxygen atoms in total. The normalized spacial score (nSPS) is 14.5. The van der Waals surface area contributed by atoms with E-state index >= 15 is 0 Å². The van der Waals surface area contributed by atoms with Gasteiger partial charge in [0.15, 0.2) is 9.84 Å². The maximum atomic E-state index is 11.6. The molecule has 0 radical (unpaired) electrons. The Labute approximate surface area is 203 Å². The number of unbranched alkanes of at least 4 members (excludes halogenated alkanes) is 1. The van der Waals surface area contributed by atoms with Crippen LogP contribution in [0, 0.1) is 0 Å². The number of hydrogen-bond acceptors (Lipinski definition) is 5. The van der Waals surface area contributed by atoms with E-state index < -0.39 is 9.84 Å². The predicted octanol–water partition coefficient (Wildman–Crippen LogP) is 4.80. The summed E-state index contributed by atoms with van der Waals surface area (Å²) in [7, 11) is -3.01. The molecule has 3 aromatic rings. The summed E-state index contributed by atoms with van der Waals surface area (Å²) in [6.45, 7) is 3.80. The van der Waals surface area contributed by atoms with Crippen molar-refractivity contribution in [1.29, 1.82) is 0 Å². The van der Waals surface area contributed by atoms with Crippen LogP contribution in [0.25, 0.3) is 10.8 Å². The molecular formula is C28H34N2O3S. The lowest BCUT2D eigenvalue weighted by atomic mass is 9.97. The van der Waals surface area contributed by atoms with Crippen molar-refractivity contribution < 1.29 is 13.3 Å². The Morgan fingerprint density at radius 3 is 2.65 bits per heavy atom. The highest BCUT2D eigenvalue weighted by Crippen LogP contribution is 2.22. The molecule has 4 rings (SSSR count). The topological polar surface area (TPSA) is 58.6 Å². The summed E-state index contributed by atoms with van der Waals surface area (Å²) >= 11 is 0. The molecule has 3 aromatic carbocycles. The molecule has 180 valence electrons. The number of fused-ring (bicyclic) bond motifs is 2. The fourth-order valence-corrected chi connectivity index (χ4v) is 5.28. The molecule has 1 aliphatic rings. The van der Waals surface area contributed by atoms with Crippen molar-refractivity contribution in [3.8, 4) is 0 Å². The average Bonchev–Trinajstić information content (AvgIpc) is 2.81. The molecule has 0 fully saturated rings. The van der Waals surface area contributed by atoms with Crippen LogP contribution in [0.4, 0.5) is 0 Å². The average molecular weight is 479 g/mol. The second-order valence-electron chi connectivity index (χ2n) is 9.18. The summed E-state index contributed by atoms with van der Waals surface area (Å²) in [5, 5.41) is 2.53. The number of hydroxylamine groups is 1. The van der Waals surface area contributed by atoms with Gasteiger partial charge in [-0.15, -0.1) is 0 Å². The minimum atomic E-state index is -3.01. The lowest BCUT2D eigenvalue weighted by Gasteiger charge is -2.29. The van der Waals surface area contributed by atoms with Crippen LogP contribution in [0.1, 0.15) is 35.1 Å². The van der Waals surface area contributed by atoms with Crippen molar-refractivity contribution in [3.63, 3.8) is 0 Å². The molecule has 0 aromatic heterocycles. The van der Waals surface area contributed by atoms with Crippen molar-refractivity contribution in [2.24, 2.45) is 0 Å². The van der Waals surface area contributed by atoms with Gasteiger partial charge in [-0.3, -0.25) is 4.90 Å². The van der Waals surface area contributed by atoms with E-state index in [4.69, 9.17) is 4.84 Å². The van der Waals surface area contributed by atoms with Gasteiger partial charge >= 0.3 is 0 Å². The quantitative estimate of drug-likeness (QED) is 0.244. The maximum absolute atomic E-state index is 11.6. The number of benzene rings is 3. The SMILES string of the molecule is CS(=O)(=O)Cc1ccc2c(c1)CN(CCCCNO/C=C/Cc1ccc3ccccc3c1)CC2. The third-order valence-electron chi connectivity index (χ3n) is 6.21. The first kappa shape index (κ1) is 24.5. The molecule has 1 N–H and O–H groups in total. The summed E-state index contributed by atoms with van der Waals surface area (Å²) < 4.78 is 23.2. The van der Waals surface area contributed by atoms with E-state index in [1.54, 1.807) is 6.26 Å². The highest BCUT2D eigenvalue weighted by atomic mass is 32.2. The number of sulfone groups is 1. The number of allylic oxidation sites excluding steroid dienone is 1. The Morgan fingerprint density at radius 1 is 0.971 bits per heavy atom. The van der Waals surface area contributed by atoms with E-state index in [1.807, 2.05) is 12.1 Å². The molecule has 34 heavy (non-hydrogen) atoms. The number of nitrogens with one attached hydrogen (secondary N) is 1. The monoisotopic (exact) mass is 478 g/mol. The van der Waals surface area contributed by atoms with Crippen LogP contribution in [0.2, 0.25) is 0 Å². The highest BCUT2D eigenvalue weighted by Gasteiger charge is 2.17. The summed E-state index contributed by atoms with van der Waals surface area (Å²) in [5.74, 6) is 0.114. The first-order valence-corrected chi connectivity index (χ1v) is 14.0. The smallest absolute Gasteiger partial charge is 0.151 e. The third-order valence-corrected chi connectivity index (χ3v) is 7.07. The molecule has 0 amide bonds. The van der Waals surface area contributed by atoms with Gasteiger partial charge in [0.1, 0.15) is 6.26 Å². The largest absolute Gasteiger partial charge is 0.417 e. The maximum Gasteiger partial charge on any atom is 0.151 e. The van der Waals surface area contributed by atoms with Crippen molar-refractivity contribution in [3.05, 3.63) is 95.3 Å². The molecule has 0 spiro atoms. The molecule has 0 atom stereocenters. The van der Waals surface area contributed by atoms with Crippen molar-refractivity contribution in [2.75, 3.05) is 25.9 Å². The third kappa shape index (κ3) is 7.42. The van der Waals surface area contributed by atoms with Gasteiger partial charge < -0.3 is 4.84 Å². The van der Waals surface area contributed by atoms with Gasteiger partial charge in [-0.25, -0.2) is 8.42 Å². The van der Waals surface area contributed by atoms with Gasteiger partial charge in [0.05, 0.1) is 5.75 Å². The zero-order valence-electron chi connectivity index (χ0n) is 19.9. The van der Waals surface area contributed by atoms with Gasteiger partial charge in [-0.1, -0.05) is 60.7 Å². The Kier molecular flexibility index (Phi) is 8.38. The second-order valence-corrected chi connectivity index (χ2v) is 11.3. The molecule has 1 aliphatic heterocycles. The van der Waals surface area contributed by atoms with Crippen LogP contribution in [-0.4, -0.2) is 39.2 Å². The lowest BCUT2D eigenvalue weighted by Crippen LogP contribution is -2.31. The molecule has 6 heteroatoms. The van der Waals surface area contributed by atoms with Crippen LogP contribution in [0.3, 0.4) is 0 Å². The van der Waals surface area contributed by atoms with Crippen LogP contribution >= 0.6 is 0 Å². The minimum Gasteiger partial charge on any atom is -0.417 e. The van der Waals surface area contributed by atoms with Crippen LogP contribution < -0.4 is 5.48 Å². The lowest BCUT2D eigenvalue weighted by molar-refractivity contribution is 0.131. The number of nitrogens with zero attached hydrogens (tertiary/aromatic N) is 1. The Balaban J connectivity index is 1.11. The minimum absolute atomic E-state index is 0.114. The van der Waals surface area contributed by atoms with E-state index in [-0.39, 0.29) is 5.75 Å². The molecule has 0 aliphatic carbocycles. The zero-order chi connectivity index (χ0) is 23.8. The van der Waals surface area contributed by atoms with E-state index in [9.17, 15) is 8.42 Å². The van der Waals surface area contributed by atoms with Crippen LogP contribution in [0.5, 0.6) is 0 Å². The first-order chi connectivity index (χ1) is 16.5. The molecular weight excluding hydrogens is 444 g/mol. The van der Waals surface area contributed by atoms with Gasteiger partial charge in [0.2, 0.25) is 0 Å². The van der Waals surface area contributed by atoms with Gasteiger partial charge in [0, 0.05) is 25.9 Å². The summed E-state index contributed by atoms with van der Waals surface area (Å²) in [6, 6.07) is 21.1. The van der Waals surface area contributed by atoms with Gasteiger partial charge in [-0.2, -0.15) is 5.48 Å². The second kappa shape index (κ2) is 11.6. The zero-order valence-corrected chi connectivity index (χ0v) is 20.7. The van der Waals surface area contributed by atoms with E-state index in [0.717, 1.165) is 57.4 Å². The van der Waals surface area contributed by atoms with Crippen LogP contribution in [-0.2, 0) is 39.8 Å². The number of hydrogen-bond donors (Lipinski definition) is 1. The summed E-state index contributed by atoms with van der Waals surface area (Å²) in [5.41, 5.74) is 7.79. The molecule has 0 saturated carbocycles. The number of rotatable bonds is 11. The van der Waals surface area contributed by atoms with Crippen molar-refractivity contribution in [1.82, 2.24) is 10.4 Å². The van der Waals surface area contributed by atoms with Crippen molar-refractivity contribution >= 4 is 20.6 Å². The molecule has 1 heterocycles. The molecule has 0 saturated heterocycles. The Bertz CT molecular complexity index is 1240. The molecule has 0 unspecified atom stereocenters. The van der Waals surface area contributed by atoms with E-state index in [2.05, 4.69) is 65.0 Å². The molecule has 0 bridgehead atoms. The first-order valence-electron chi connectivity index (χ1n) is 12.0. The van der Waals surface area contributed by atoms with Gasteiger partial charge in [-0.05, 0) is 71.3 Å². The van der Waals surface area contributed by atoms with Gasteiger partial charge in [0.25, 0.3) is 0 Å².